The molecule has 140 valence electrons. The number of anilines is 1. The predicted molar refractivity (Wildman–Crippen MR) is 101 cm³/mol. The molecule has 1 amide bonds. The fraction of sp³-hybridized carbons (Fsp3) is 0.421. The van der Waals surface area contributed by atoms with Crippen LogP contribution in [0.2, 0.25) is 0 Å². The number of hydrogen-bond acceptors (Lipinski definition) is 7. The number of carbonyl (C=O) groups is 1. The Kier molecular flexibility index (Phi) is 4.47. The fourth-order valence-corrected chi connectivity index (χ4v) is 3.43. The van der Waals surface area contributed by atoms with Crippen molar-refractivity contribution in [3.05, 3.63) is 35.8 Å². The van der Waals surface area contributed by atoms with E-state index < -0.39 is 6.10 Å². The molecule has 2 aliphatic rings. The number of fused-ring (bicyclic) bond motifs is 1. The summed E-state index contributed by atoms with van der Waals surface area (Å²) >= 11 is 0. The van der Waals surface area contributed by atoms with Gasteiger partial charge in [0.05, 0.1) is 18.0 Å². The molecule has 0 fully saturated rings. The molecule has 4 rings (SSSR count). The molecule has 0 spiro atoms. The van der Waals surface area contributed by atoms with E-state index in [4.69, 9.17) is 14.8 Å². The molecule has 2 aromatic heterocycles. The van der Waals surface area contributed by atoms with Gasteiger partial charge in [-0.1, -0.05) is 5.16 Å². The van der Waals surface area contributed by atoms with E-state index in [1.807, 2.05) is 43.0 Å². The van der Waals surface area contributed by atoms with Crippen molar-refractivity contribution in [3.63, 3.8) is 0 Å². The first kappa shape index (κ1) is 17.4. The molecule has 4 heterocycles. The third kappa shape index (κ3) is 3.34. The van der Waals surface area contributed by atoms with Crippen LogP contribution < -0.4 is 4.90 Å². The summed E-state index contributed by atoms with van der Waals surface area (Å²) in [4.78, 5) is 35.5. The summed E-state index contributed by atoms with van der Waals surface area (Å²) in [7, 11) is 3.95. The lowest BCUT2D eigenvalue weighted by Gasteiger charge is -2.31. The number of hydrogen-bond donors (Lipinski definition) is 0. The minimum atomic E-state index is -0.513. The summed E-state index contributed by atoms with van der Waals surface area (Å²) in [5.74, 6) is 1.51. The smallest absolute Gasteiger partial charge is 0.267 e. The summed E-state index contributed by atoms with van der Waals surface area (Å²) in [5.41, 5.74) is 3.74. The quantitative estimate of drug-likeness (QED) is 0.821. The van der Waals surface area contributed by atoms with E-state index in [1.165, 1.54) is 0 Å². The van der Waals surface area contributed by atoms with Crippen LogP contribution in [-0.4, -0.2) is 58.2 Å². The standard InChI is InChI=1S/C19H22N6O2/c1-12-10-16(27-23-12)19(26)25-9-6-14-15(11-25)21-17(22-18(14)24(2)3)13-4-7-20-8-5-13/h4-5,7-8,16H,6,9-11H2,1-3H3/t16-/m0/s1. The van der Waals surface area contributed by atoms with Crippen molar-refractivity contribution in [1.82, 2.24) is 19.9 Å². The Morgan fingerprint density at radius 1 is 1.26 bits per heavy atom. The predicted octanol–water partition coefficient (Wildman–Crippen LogP) is 1.65. The van der Waals surface area contributed by atoms with Crippen LogP contribution in [0.3, 0.4) is 0 Å². The molecule has 0 aliphatic carbocycles. The van der Waals surface area contributed by atoms with Crippen molar-refractivity contribution >= 4 is 17.4 Å². The van der Waals surface area contributed by atoms with Crippen molar-refractivity contribution in [2.24, 2.45) is 5.16 Å². The Morgan fingerprint density at radius 3 is 2.70 bits per heavy atom. The topological polar surface area (TPSA) is 83.8 Å². The van der Waals surface area contributed by atoms with Gasteiger partial charge in [0.15, 0.2) is 5.82 Å². The van der Waals surface area contributed by atoms with Crippen molar-refractivity contribution < 1.29 is 9.63 Å². The Morgan fingerprint density at radius 2 is 2.04 bits per heavy atom. The third-order valence-corrected chi connectivity index (χ3v) is 4.81. The number of amides is 1. The second-order valence-corrected chi connectivity index (χ2v) is 7.06. The van der Waals surface area contributed by atoms with E-state index in [-0.39, 0.29) is 5.91 Å². The van der Waals surface area contributed by atoms with Crippen LogP contribution >= 0.6 is 0 Å². The maximum Gasteiger partial charge on any atom is 0.267 e. The molecule has 8 heteroatoms. The molecule has 0 N–H and O–H groups in total. The lowest BCUT2D eigenvalue weighted by atomic mass is 10.0. The molecule has 0 radical (unpaired) electrons. The van der Waals surface area contributed by atoms with Gasteiger partial charge >= 0.3 is 0 Å². The van der Waals surface area contributed by atoms with Gasteiger partial charge in [0, 0.05) is 50.6 Å². The normalized spacial score (nSPS) is 18.6. The summed E-state index contributed by atoms with van der Waals surface area (Å²) < 4.78 is 0. The Labute approximate surface area is 157 Å². The second kappa shape index (κ2) is 6.94. The molecular formula is C19H22N6O2. The van der Waals surface area contributed by atoms with Crippen LogP contribution in [0.4, 0.5) is 5.82 Å². The minimum absolute atomic E-state index is 0.0308. The zero-order chi connectivity index (χ0) is 19.0. The van der Waals surface area contributed by atoms with Gasteiger partial charge in [-0.3, -0.25) is 9.78 Å². The van der Waals surface area contributed by atoms with Gasteiger partial charge < -0.3 is 14.6 Å². The summed E-state index contributed by atoms with van der Waals surface area (Å²) in [5, 5.41) is 3.90. The Balaban J connectivity index is 1.65. The van der Waals surface area contributed by atoms with Crippen molar-refractivity contribution in [1.29, 1.82) is 0 Å². The monoisotopic (exact) mass is 366 g/mol. The van der Waals surface area contributed by atoms with Crippen LogP contribution in [0.5, 0.6) is 0 Å². The highest BCUT2D eigenvalue weighted by molar-refractivity contribution is 5.91. The Bertz CT molecular complexity index is 897. The zero-order valence-electron chi connectivity index (χ0n) is 15.7. The van der Waals surface area contributed by atoms with Crippen LogP contribution in [0.1, 0.15) is 24.6 Å². The molecule has 0 saturated heterocycles. The first-order valence-electron chi connectivity index (χ1n) is 8.98. The highest BCUT2D eigenvalue weighted by atomic mass is 16.6. The molecule has 27 heavy (non-hydrogen) atoms. The SMILES string of the molecule is CC1=NO[C@H](C(=O)N2CCc3c(nc(-c4ccncc4)nc3N(C)C)C2)C1. The molecular weight excluding hydrogens is 344 g/mol. The molecule has 0 saturated carbocycles. The van der Waals surface area contributed by atoms with Crippen molar-refractivity contribution in [2.75, 3.05) is 25.5 Å². The van der Waals surface area contributed by atoms with E-state index >= 15 is 0 Å². The molecule has 0 unspecified atom stereocenters. The number of nitrogens with zero attached hydrogens (tertiary/aromatic N) is 6. The van der Waals surface area contributed by atoms with Crippen LogP contribution in [0.25, 0.3) is 11.4 Å². The zero-order valence-corrected chi connectivity index (χ0v) is 15.7. The van der Waals surface area contributed by atoms with E-state index in [9.17, 15) is 4.79 Å². The van der Waals surface area contributed by atoms with Gasteiger partial charge in [0.25, 0.3) is 5.91 Å². The van der Waals surface area contributed by atoms with Crippen molar-refractivity contribution in [2.45, 2.75) is 32.4 Å². The highest BCUT2D eigenvalue weighted by Crippen LogP contribution is 2.29. The Hall–Kier alpha value is -3.03. The summed E-state index contributed by atoms with van der Waals surface area (Å²) in [6.07, 6.45) is 4.21. The molecule has 2 aromatic rings. The molecule has 0 aromatic carbocycles. The fourth-order valence-electron chi connectivity index (χ4n) is 3.43. The average Bonchev–Trinajstić information content (AvgIpc) is 3.13. The van der Waals surface area contributed by atoms with Gasteiger partial charge in [-0.15, -0.1) is 0 Å². The first-order valence-corrected chi connectivity index (χ1v) is 8.98. The molecule has 0 bridgehead atoms. The largest absolute Gasteiger partial charge is 0.382 e. The summed E-state index contributed by atoms with van der Waals surface area (Å²) in [6.45, 7) is 2.95. The second-order valence-electron chi connectivity index (χ2n) is 7.06. The lowest BCUT2D eigenvalue weighted by Crippen LogP contribution is -2.43. The highest BCUT2D eigenvalue weighted by Gasteiger charge is 2.33. The van der Waals surface area contributed by atoms with Crippen LogP contribution in [0, 0.1) is 0 Å². The maximum atomic E-state index is 12.8. The number of rotatable bonds is 3. The van der Waals surface area contributed by atoms with Gasteiger partial charge in [-0.25, -0.2) is 9.97 Å². The van der Waals surface area contributed by atoms with Gasteiger partial charge in [0.1, 0.15) is 5.82 Å². The molecule has 2 aliphatic heterocycles. The van der Waals surface area contributed by atoms with Gasteiger partial charge in [0.2, 0.25) is 6.10 Å². The van der Waals surface area contributed by atoms with E-state index in [1.54, 1.807) is 12.4 Å². The minimum Gasteiger partial charge on any atom is -0.382 e. The third-order valence-electron chi connectivity index (χ3n) is 4.81. The van der Waals surface area contributed by atoms with Crippen LogP contribution in [0.15, 0.2) is 29.7 Å². The lowest BCUT2D eigenvalue weighted by molar-refractivity contribution is -0.143. The molecule has 8 nitrogen and oxygen atoms in total. The van der Waals surface area contributed by atoms with Crippen molar-refractivity contribution in [3.8, 4) is 11.4 Å². The van der Waals surface area contributed by atoms with E-state index in [0.29, 0.717) is 25.3 Å². The average molecular weight is 366 g/mol. The summed E-state index contributed by atoms with van der Waals surface area (Å²) in [6, 6.07) is 3.78. The number of carbonyl (C=O) groups excluding carboxylic acids is 1. The van der Waals surface area contributed by atoms with E-state index in [2.05, 4.69) is 10.1 Å². The molecule has 1 atom stereocenters. The van der Waals surface area contributed by atoms with Gasteiger partial charge in [-0.05, 0) is 25.5 Å². The van der Waals surface area contributed by atoms with Gasteiger partial charge in [-0.2, -0.15) is 0 Å². The van der Waals surface area contributed by atoms with Crippen LogP contribution in [-0.2, 0) is 22.6 Å². The first-order chi connectivity index (χ1) is 13.0. The van der Waals surface area contributed by atoms with E-state index in [0.717, 1.165) is 34.8 Å². The number of pyridine rings is 1. The number of aromatic nitrogens is 3. The number of oxime groups is 1. The maximum absolute atomic E-state index is 12.8.